The molecule has 0 atom stereocenters. The lowest BCUT2D eigenvalue weighted by Gasteiger charge is -2.09. The van der Waals surface area contributed by atoms with E-state index in [1.165, 1.54) is 12.8 Å². The predicted molar refractivity (Wildman–Crippen MR) is 98.5 cm³/mol. The van der Waals surface area contributed by atoms with E-state index in [1.807, 2.05) is 30.3 Å². The minimum absolute atomic E-state index is 0.431. The highest BCUT2D eigenvalue weighted by Gasteiger charge is 2.25. The fraction of sp³-hybridized carbons (Fsp3) is 0.235. The lowest BCUT2D eigenvalue weighted by molar-refractivity contribution is 0.966. The second kappa shape index (κ2) is 6.70. The summed E-state index contributed by atoms with van der Waals surface area (Å²) < 4.78 is 0. The van der Waals surface area contributed by atoms with E-state index in [9.17, 15) is 0 Å². The molecule has 0 aliphatic heterocycles. The Morgan fingerprint density at radius 2 is 2.00 bits per heavy atom. The van der Waals surface area contributed by atoms with Gasteiger partial charge in [0, 0.05) is 29.9 Å². The zero-order valence-corrected chi connectivity index (χ0v) is 14.2. The maximum Gasteiger partial charge on any atom is 0.229 e. The van der Waals surface area contributed by atoms with Crippen LogP contribution < -0.4 is 16.4 Å². The molecule has 0 radical (unpaired) electrons. The van der Waals surface area contributed by atoms with Crippen LogP contribution in [0.4, 0.5) is 23.3 Å². The Kier molecular flexibility index (Phi) is 4.25. The van der Waals surface area contributed by atoms with E-state index in [-0.39, 0.29) is 0 Å². The van der Waals surface area contributed by atoms with Gasteiger partial charge in [0.15, 0.2) is 11.6 Å². The van der Waals surface area contributed by atoms with E-state index in [1.54, 1.807) is 6.20 Å². The average Bonchev–Trinajstić information content (AvgIpc) is 3.38. The third-order valence-corrected chi connectivity index (χ3v) is 4.33. The third-order valence-electron chi connectivity index (χ3n) is 4.05. The minimum Gasteiger partial charge on any atom is -0.326 e. The SMILES string of the molecule is NCc1ccc(Nc2ncc(Cl)c(Nc3cc(C4CC4)[nH]n3)n2)cc1. The summed E-state index contributed by atoms with van der Waals surface area (Å²) >= 11 is 6.20. The molecule has 25 heavy (non-hydrogen) atoms. The molecule has 8 heteroatoms. The molecule has 7 nitrogen and oxygen atoms in total. The number of H-pyrrole nitrogens is 1. The number of anilines is 4. The lowest BCUT2D eigenvalue weighted by Crippen LogP contribution is -2.02. The molecule has 1 aliphatic carbocycles. The number of rotatable bonds is 6. The van der Waals surface area contributed by atoms with Crippen LogP contribution in [0, 0.1) is 0 Å². The number of aromatic amines is 1. The fourth-order valence-corrected chi connectivity index (χ4v) is 2.63. The first-order chi connectivity index (χ1) is 12.2. The van der Waals surface area contributed by atoms with Gasteiger partial charge in [0.25, 0.3) is 0 Å². The number of nitrogens with zero attached hydrogens (tertiary/aromatic N) is 3. The van der Waals surface area contributed by atoms with Gasteiger partial charge in [-0.1, -0.05) is 23.7 Å². The van der Waals surface area contributed by atoms with Crippen molar-refractivity contribution in [3.8, 4) is 0 Å². The van der Waals surface area contributed by atoms with Gasteiger partial charge in [-0.2, -0.15) is 10.1 Å². The van der Waals surface area contributed by atoms with E-state index >= 15 is 0 Å². The first-order valence-corrected chi connectivity index (χ1v) is 8.50. The van der Waals surface area contributed by atoms with Crippen LogP contribution in [-0.2, 0) is 6.54 Å². The second-order valence-corrected chi connectivity index (χ2v) is 6.43. The Balaban J connectivity index is 1.50. The van der Waals surface area contributed by atoms with Crippen molar-refractivity contribution in [3.63, 3.8) is 0 Å². The van der Waals surface area contributed by atoms with E-state index in [2.05, 4.69) is 30.8 Å². The van der Waals surface area contributed by atoms with Gasteiger partial charge in [-0.3, -0.25) is 5.10 Å². The zero-order valence-electron chi connectivity index (χ0n) is 13.5. The van der Waals surface area contributed by atoms with Gasteiger partial charge < -0.3 is 16.4 Å². The first-order valence-electron chi connectivity index (χ1n) is 8.12. The van der Waals surface area contributed by atoms with Gasteiger partial charge in [-0.25, -0.2) is 4.98 Å². The van der Waals surface area contributed by atoms with Crippen LogP contribution in [0.2, 0.25) is 5.02 Å². The zero-order chi connectivity index (χ0) is 17.2. The molecule has 1 aliphatic rings. The Morgan fingerprint density at radius 1 is 1.20 bits per heavy atom. The highest BCUT2D eigenvalue weighted by atomic mass is 35.5. The van der Waals surface area contributed by atoms with Crippen LogP contribution in [0.15, 0.2) is 36.5 Å². The van der Waals surface area contributed by atoms with Crippen LogP contribution in [-0.4, -0.2) is 20.2 Å². The molecule has 0 unspecified atom stereocenters. The van der Waals surface area contributed by atoms with Crippen LogP contribution >= 0.6 is 11.6 Å². The van der Waals surface area contributed by atoms with Gasteiger partial charge in [0.05, 0.1) is 6.20 Å². The van der Waals surface area contributed by atoms with E-state index < -0.39 is 0 Å². The molecule has 0 spiro atoms. The number of aromatic nitrogens is 4. The van der Waals surface area contributed by atoms with Crippen LogP contribution in [0.3, 0.4) is 0 Å². The van der Waals surface area contributed by atoms with Crippen molar-refractivity contribution in [1.29, 1.82) is 0 Å². The summed E-state index contributed by atoms with van der Waals surface area (Å²) in [5, 5.41) is 14.0. The highest BCUT2D eigenvalue weighted by Crippen LogP contribution is 2.39. The van der Waals surface area contributed by atoms with E-state index in [4.69, 9.17) is 17.3 Å². The Bertz CT molecular complexity index is 871. The summed E-state index contributed by atoms with van der Waals surface area (Å²) in [5.74, 6) is 2.26. The van der Waals surface area contributed by atoms with E-state index in [0.29, 0.717) is 35.1 Å². The quantitative estimate of drug-likeness (QED) is 0.537. The Labute approximate surface area is 150 Å². The smallest absolute Gasteiger partial charge is 0.229 e. The molecule has 2 heterocycles. The molecule has 1 saturated carbocycles. The van der Waals surface area contributed by atoms with E-state index in [0.717, 1.165) is 16.9 Å². The summed E-state index contributed by atoms with van der Waals surface area (Å²) in [6, 6.07) is 9.78. The first kappa shape index (κ1) is 15.9. The molecule has 0 saturated heterocycles. The molecule has 1 aromatic carbocycles. The molecule has 0 bridgehead atoms. The maximum absolute atomic E-state index is 6.20. The summed E-state index contributed by atoms with van der Waals surface area (Å²) in [4.78, 5) is 8.65. The largest absolute Gasteiger partial charge is 0.326 e. The van der Waals surface area contributed by atoms with Crippen molar-refractivity contribution < 1.29 is 0 Å². The molecule has 1 fully saturated rings. The number of halogens is 1. The summed E-state index contributed by atoms with van der Waals surface area (Å²) in [7, 11) is 0. The fourth-order valence-electron chi connectivity index (χ4n) is 2.49. The van der Waals surface area contributed by atoms with Crippen LogP contribution in [0.5, 0.6) is 0 Å². The summed E-state index contributed by atoms with van der Waals surface area (Å²) in [6.07, 6.45) is 3.99. The average molecular weight is 356 g/mol. The lowest BCUT2D eigenvalue weighted by atomic mass is 10.2. The van der Waals surface area contributed by atoms with Crippen molar-refractivity contribution in [2.75, 3.05) is 10.6 Å². The number of benzene rings is 1. The summed E-state index contributed by atoms with van der Waals surface area (Å²) in [6.45, 7) is 0.512. The predicted octanol–water partition coefficient (Wildman–Crippen LogP) is 3.68. The highest BCUT2D eigenvalue weighted by molar-refractivity contribution is 6.32. The molecule has 128 valence electrons. The van der Waals surface area contributed by atoms with Crippen molar-refractivity contribution >= 4 is 34.9 Å². The van der Waals surface area contributed by atoms with Gasteiger partial charge in [0.1, 0.15) is 5.02 Å². The van der Waals surface area contributed by atoms with Crippen molar-refractivity contribution in [1.82, 2.24) is 20.2 Å². The molecule has 5 N–H and O–H groups in total. The molecule has 0 amide bonds. The second-order valence-electron chi connectivity index (χ2n) is 6.02. The standard InChI is InChI=1S/C17H18ClN7/c18-13-9-20-17(21-12-5-1-10(8-19)2-6-12)23-16(13)22-15-7-14(24-25-15)11-3-4-11/h1-2,5-7,9,11H,3-4,8,19H2,(H3,20,21,22,23,24,25). The molecule has 4 rings (SSSR count). The number of hydrogen-bond acceptors (Lipinski definition) is 6. The molecular weight excluding hydrogens is 338 g/mol. The van der Waals surface area contributed by atoms with Crippen LogP contribution in [0.1, 0.15) is 30.0 Å². The molecule has 3 aromatic rings. The topological polar surface area (TPSA) is 105 Å². The van der Waals surface area contributed by atoms with Gasteiger partial charge in [-0.05, 0) is 30.5 Å². The summed E-state index contributed by atoms with van der Waals surface area (Å²) in [5.41, 5.74) is 8.70. The Morgan fingerprint density at radius 3 is 2.72 bits per heavy atom. The van der Waals surface area contributed by atoms with Crippen molar-refractivity contribution in [3.05, 3.63) is 52.8 Å². The van der Waals surface area contributed by atoms with Gasteiger partial charge in [-0.15, -0.1) is 0 Å². The molecular formula is C17H18ClN7. The monoisotopic (exact) mass is 355 g/mol. The number of nitrogens with two attached hydrogens (primary N) is 1. The minimum atomic E-state index is 0.431. The maximum atomic E-state index is 6.20. The van der Waals surface area contributed by atoms with Gasteiger partial charge in [0.2, 0.25) is 5.95 Å². The van der Waals surface area contributed by atoms with Crippen LogP contribution in [0.25, 0.3) is 0 Å². The van der Waals surface area contributed by atoms with Crippen molar-refractivity contribution in [2.45, 2.75) is 25.3 Å². The third kappa shape index (κ3) is 3.72. The number of nitrogens with one attached hydrogen (secondary N) is 3. The Hall–Kier alpha value is -2.64. The molecule has 2 aromatic heterocycles. The van der Waals surface area contributed by atoms with Gasteiger partial charge >= 0.3 is 0 Å². The number of hydrogen-bond donors (Lipinski definition) is 4. The van der Waals surface area contributed by atoms with Crippen molar-refractivity contribution in [2.24, 2.45) is 5.73 Å². The normalized spacial score (nSPS) is 13.7.